The second kappa shape index (κ2) is 9.07. The van der Waals surface area contributed by atoms with Crippen molar-refractivity contribution in [3.05, 3.63) is 34.9 Å². The molecule has 0 N–H and O–H groups in total. The zero-order chi connectivity index (χ0) is 17.5. The molecule has 1 aliphatic carbocycles. The molecule has 1 unspecified atom stereocenters. The molecular formula is C19H26ClNO3. The molecular weight excluding hydrogens is 326 g/mol. The first-order valence-electron chi connectivity index (χ1n) is 8.67. The first-order chi connectivity index (χ1) is 11.5. The molecule has 1 fully saturated rings. The molecule has 4 nitrogen and oxygen atoms in total. The third kappa shape index (κ3) is 4.97. The van der Waals surface area contributed by atoms with Gasteiger partial charge in [-0.25, -0.2) is 0 Å². The van der Waals surface area contributed by atoms with Crippen LogP contribution in [0.1, 0.15) is 55.8 Å². The Morgan fingerprint density at radius 1 is 1.17 bits per heavy atom. The van der Waals surface area contributed by atoms with E-state index in [1.54, 1.807) is 24.3 Å². The van der Waals surface area contributed by atoms with E-state index in [2.05, 4.69) is 0 Å². The van der Waals surface area contributed by atoms with Crippen LogP contribution in [0.25, 0.3) is 0 Å². The van der Waals surface area contributed by atoms with Crippen molar-refractivity contribution in [3.8, 4) is 0 Å². The average molecular weight is 352 g/mol. The van der Waals surface area contributed by atoms with E-state index in [4.69, 9.17) is 16.3 Å². The Bertz CT molecular complexity index is 550. The van der Waals surface area contributed by atoms with Gasteiger partial charge >= 0.3 is 5.97 Å². The van der Waals surface area contributed by atoms with Gasteiger partial charge in [0, 0.05) is 23.2 Å². The lowest BCUT2D eigenvalue weighted by Crippen LogP contribution is -2.44. The van der Waals surface area contributed by atoms with Crippen molar-refractivity contribution in [1.82, 2.24) is 4.90 Å². The number of methoxy groups -OCH3 is 1. The van der Waals surface area contributed by atoms with E-state index in [1.807, 2.05) is 11.8 Å². The minimum Gasteiger partial charge on any atom is -0.469 e. The number of benzene rings is 1. The molecule has 1 aliphatic rings. The monoisotopic (exact) mass is 351 g/mol. The summed E-state index contributed by atoms with van der Waals surface area (Å²) in [7, 11) is 1.38. The van der Waals surface area contributed by atoms with Gasteiger partial charge in [0.05, 0.1) is 13.0 Å². The van der Waals surface area contributed by atoms with Crippen molar-refractivity contribution in [1.29, 1.82) is 0 Å². The lowest BCUT2D eigenvalue weighted by molar-refractivity contribution is -0.145. The highest BCUT2D eigenvalue weighted by molar-refractivity contribution is 6.30. The topological polar surface area (TPSA) is 46.6 Å². The molecule has 0 spiro atoms. The molecule has 1 atom stereocenters. The summed E-state index contributed by atoms with van der Waals surface area (Å²) in [5, 5.41) is 0.607. The molecule has 24 heavy (non-hydrogen) atoms. The molecule has 0 heterocycles. The van der Waals surface area contributed by atoms with Crippen LogP contribution in [0.5, 0.6) is 0 Å². The Balaban J connectivity index is 2.21. The summed E-state index contributed by atoms with van der Waals surface area (Å²) in [4.78, 5) is 26.7. The molecule has 2 rings (SSSR count). The van der Waals surface area contributed by atoms with E-state index in [9.17, 15) is 9.59 Å². The smallest absolute Gasteiger partial charge is 0.310 e. The lowest BCUT2D eigenvalue weighted by atomic mass is 10.0. The van der Waals surface area contributed by atoms with Gasteiger partial charge in [-0.05, 0) is 37.1 Å². The fourth-order valence-electron chi connectivity index (χ4n) is 3.30. The van der Waals surface area contributed by atoms with Crippen LogP contribution in [-0.2, 0) is 9.53 Å². The van der Waals surface area contributed by atoms with Crippen LogP contribution < -0.4 is 0 Å². The fraction of sp³-hybridized carbons (Fsp3) is 0.579. The SMILES string of the molecule is COC(=O)C(C)CN(C(=O)c1ccc(Cl)cc1)C1CCCCCC1. The van der Waals surface area contributed by atoms with Crippen LogP contribution >= 0.6 is 11.6 Å². The number of carbonyl (C=O) groups is 2. The number of carbonyl (C=O) groups excluding carboxylic acids is 2. The van der Waals surface area contributed by atoms with Gasteiger partial charge in [0.1, 0.15) is 0 Å². The normalized spacial score (nSPS) is 17.0. The van der Waals surface area contributed by atoms with Gasteiger partial charge in [-0.1, -0.05) is 44.2 Å². The van der Waals surface area contributed by atoms with Crippen LogP contribution in [0.2, 0.25) is 5.02 Å². The summed E-state index contributed by atoms with van der Waals surface area (Å²) in [6.45, 7) is 2.20. The number of ether oxygens (including phenoxy) is 1. The van der Waals surface area contributed by atoms with E-state index < -0.39 is 0 Å². The maximum absolute atomic E-state index is 13.0. The molecule has 0 saturated heterocycles. The first kappa shape index (κ1) is 18.8. The summed E-state index contributed by atoms with van der Waals surface area (Å²) in [5.74, 6) is -0.652. The fourth-order valence-corrected chi connectivity index (χ4v) is 3.42. The third-order valence-electron chi connectivity index (χ3n) is 4.69. The number of esters is 1. The number of nitrogens with zero attached hydrogens (tertiary/aromatic N) is 1. The molecule has 1 aromatic carbocycles. The van der Waals surface area contributed by atoms with Crippen LogP contribution in [0, 0.1) is 5.92 Å². The largest absolute Gasteiger partial charge is 0.469 e. The molecule has 0 bridgehead atoms. The molecule has 0 aromatic heterocycles. The number of hydrogen-bond acceptors (Lipinski definition) is 3. The maximum Gasteiger partial charge on any atom is 0.310 e. The zero-order valence-corrected chi connectivity index (χ0v) is 15.2. The van der Waals surface area contributed by atoms with Crippen LogP contribution in [-0.4, -0.2) is 36.5 Å². The predicted molar refractivity (Wildman–Crippen MR) is 95.2 cm³/mol. The second-order valence-electron chi connectivity index (χ2n) is 6.53. The average Bonchev–Trinajstić information content (AvgIpc) is 2.88. The van der Waals surface area contributed by atoms with E-state index >= 15 is 0 Å². The molecule has 0 radical (unpaired) electrons. The number of halogens is 1. The van der Waals surface area contributed by atoms with Crippen LogP contribution in [0.4, 0.5) is 0 Å². The summed E-state index contributed by atoms with van der Waals surface area (Å²) in [6.07, 6.45) is 6.67. The van der Waals surface area contributed by atoms with Crippen molar-refractivity contribution in [3.63, 3.8) is 0 Å². The highest BCUT2D eigenvalue weighted by Gasteiger charge is 2.29. The molecule has 1 amide bonds. The van der Waals surface area contributed by atoms with Crippen molar-refractivity contribution in [2.75, 3.05) is 13.7 Å². The Hall–Kier alpha value is -1.55. The standard InChI is InChI=1S/C19H26ClNO3/c1-14(19(23)24-2)13-21(17-7-5-3-4-6-8-17)18(22)15-9-11-16(20)12-10-15/h9-12,14,17H,3-8,13H2,1-2H3. The molecule has 1 aromatic rings. The Kier molecular flexibility index (Phi) is 7.10. The Labute approximate surface area is 149 Å². The van der Waals surface area contributed by atoms with Crippen molar-refractivity contribution in [2.24, 2.45) is 5.92 Å². The minimum atomic E-state index is -0.338. The Morgan fingerprint density at radius 3 is 2.29 bits per heavy atom. The maximum atomic E-state index is 13.0. The molecule has 5 heteroatoms. The van der Waals surface area contributed by atoms with Gasteiger partial charge in [0.25, 0.3) is 5.91 Å². The number of amides is 1. The van der Waals surface area contributed by atoms with E-state index in [0.717, 1.165) is 25.7 Å². The van der Waals surface area contributed by atoms with Crippen molar-refractivity contribution in [2.45, 2.75) is 51.5 Å². The van der Waals surface area contributed by atoms with Gasteiger partial charge in [0.15, 0.2) is 0 Å². The van der Waals surface area contributed by atoms with Gasteiger partial charge in [-0.3, -0.25) is 9.59 Å². The van der Waals surface area contributed by atoms with Gasteiger partial charge < -0.3 is 9.64 Å². The zero-order valence-electron chi connectivity index (χ0n) is 14.5. The van der Waals surface area contributed by atoms with Crippen molar-refractivity contribution >= 4 is 23.5 Å². The van der Waals surface area contributed by atoms with E-state index in [0.29, 0.717) is 17.1 Å². The summed E-state index contributed by atoms with van der Waals surface area (Å²) in [5.41, 5.74) is 0.612. The van der Waals surface area contributed by atoms with Gasteiger partial charge in [-0.15, -0.1) is 0 Å². The summed E-state index contributed by atoms with van der Waals surface area (Å²) >= 11 is 5.92. The Morgan fingerprint density at radius 2 is 1.75 bits per heavy atom. The highest BCUT2D eigenvalue weighted by atomic mass is 35.5. The second-order valence-corrected chi connectivity index (χ2v) is 6.97. The van der Waals surface area contributed by atoms with Crippen LogP contribution in [0.15, 0.2) is 24.3 Å². The summed E-state index contributed by atoms with van der Waals surface area (Å²) < 4.78 is 4.83. The number of rotatable bonds is 5. The van der Waals surface area contributed by atoms with Crippen LogP contribution in [0.3, 0.4) is 0 Å². The van der Waals surface area contributed by atoms with E-state index in [-0.39, 0.29) is 23.8 Å². The van der Waals surface area contributed by atoms with E-state index in [1.165, 1.54) is 20.0 Å². The van der Waals surface area contributed by atoms with Gasteiger partial charge in [-0.2, -0.15) is 0 Å². The quantitative estimate of drug-likeness (QED) is 0.586. The summed E-state index contributed by atoms with van der Waals surface area (Å²) in [6, 6.07) is 7.13. The van der Waals surface area contributed by atoms with Gasteiger partial charge in [0.2, 0.25) is 0 Å². The molecule has 1 saturated carbocycles. The molecule has 0 aliphatic heterocycles. The lowest BCUT2D eigenvalue weighted by Gasteiger charge is -2.33. The third-order valence-corrected chi connectivity index (χ3v) is 4.94. The van der Waals surface area contributed by atoms with Crippen molar-refractivity contribution < 1.29 is 14.3 Å². The first-order valence-corrected chi connectivity index (χ1v) is 9.05. The minimum absolute atomic E-state index is 0.0330. The predicted octanol–water partition coefficient (Wildman–Crippen LogP) is 4.31. The highest BCUT2D eigenvalue weighted by Crippen LogP contribution is 2.25. The molecule has 132 valence electrons. The number of hydrogen-bond donors (Lipinski definition) is 0.